The SMILES string of the molecule is FC(F)=C1[C@@H](CCc2ccccc2)C[C@H]1c1ccc2ccccc2c1. The highest BCUT2D eigenvalue weighted by Gasteiger charge is 2.39. The maximum Gasteiger partial charge on any atom is 0.270 e. The van der Waals surface area contributed by atoms with Crippen molar-refractivity contribution in [2.24, 2.45) is 5.92 Å². The summed E-state index contributed by atoms with van der Waals surface area (Å²) in [4.78, 5) is 0. The molecule has 0 aliphatic heterocycles. The van der Waals surface area contributed by atoms with Gasteiger partial charge < -0.3 is 0 Å². The largest absolute Gasteiger partial charge is 0.270 e. The smallest absolute Gasteiger partial charge is 0.173 e. The fourth-order valence-corrected chi connectivity index (χ4v) is 3.95. The van der Waals surface area contributed by atoms with Gasteiger partial charge in [0.15, 0.2) is 0 Å². The fraction of sp³-hybridized carbons (Fsp3) is 0.217. The highest BCUT2D eigenvalue weighted by Crippen LogP contribution is 2.51. The maximum absolute atomic E-state index is 13.6. The molecular weight excluding hydrogens is 314 g/mol. The average molecular weight is 334 g/mol. The Morgan fingerprint density at radius 3 is 2.32 bits per heavy atom. The van der Waals surface area contributed by atoms with Crippen LogP contribution in [0.3, 0.4) is 0 Å². The average Bonchev–Trinajstić information content (AvgIpc) is 2.61. The third-order valence-corrected chi connectivity index (χ3v) is 5.35. The van der Waals surface area contributed by atoms with Crippen molar-refractivity contribution in [1.82, 2.24) is 0 Å². The monoisotopic (exact) mass is 334 g/mol. The van der Waals surface area contributed by atoms with Crippen molar-refractivity contribution in [3.8, 4) is 0 Å². The highest BCUT2D eigenvalue weighted by atomic mass is 19.3. The van der Waals surface area contributed by atoms with Crippen LogP contribution in [0.4, 0.5) is 8.78 Å². The molecule has 0 unspecified atom stereocenters. The molecule has 0 amide bonds. The van der Waals surface area contributed by atoms with Crippen molar-refractivity contribution in [2.45, 2.75) is 25.2 Å². The second kappa shape index (κ2) is 6.79. The van der Waals surface area contributed by atoms with E-state index in [1.54, 1.807) is 0 Å². The number of hydrogen-bond acceptors (Lipinski definition) is 0. The van der Waals surface area contributed by atoms with E-state index in [1.165, 1.54) is 5.56 Å². The minimum absolute atomic E-state index is 0.00155. The van der Waals surface area contributed by atoms with Crippen molar-refractivity contribution >= 4 is 10.8 Å². The van der Waals surface area contributed by atoms with Crippen molar-refractivity contribution in [1.29, 1.82) is 0 Å². The van der Waals surface area contributed by atoms with Crippen molar-refractivity contribution in [3.63, 3.8) is 0 Å². The summed E-state index contributed by atoms with van der Waals surface area (Å²) >= 11 is 0. The van der Waals surface area contributed by atoms with Gasteiger partial charge in [0.2, 0.25) is 0 Å². The van der Waals surface area contributed by atoms with Gasteiger partial charge in [-0.3, -0.25) is 0 Å². The number of hydrogen-bond donors (Lipinski definition) is 0. The van der Waals surface area contributed by atoms with E-state index in [0.717, 1.165) is 35.6 Å². The molecule has 0 nitrogen and oxygen atoms in total. The molecule has 126 valence electrons. The summed E-state index contributed by atoms with van der Waals surface area (Å²) in [5.74, 6) is -0.128. The number of allylic oxidation sites excluding steroid dienone is 1. The van der Waals surface area contributed by atoms with Crippen LogP contribution < -0.4 is 0 Å². The van der Waals surface area contributed by atoms with Gasteiger partial charge in [-0.2, -0.15) is 8.78 Å². The Labute approximate surface area is 146 Å². The standard InChI is InChI=1S/C23H20F2/c24-23(25)22-20(11-10-16-6-2-1-3-7-16)15-21(22)19-13-12-17-8-4-5-9-18(17)14-19/h1-9,12-14,20-21H,10-11,15H2/t20-,21-/m0/s1. The molecule has 0 N–H and O–H groups in total. The summed E-state index contributed by atoms with van der Waals surface area (Å²) in [6.07, 6.45) is 0.980. The zero-order valence-electron chi connectivity index (χ0n) is 14.0. The van der Waals surface area contributed by atoms with Gasteiger partial charge in [-0.1, -0.05) is 72.8 Å². The van der Waals surface area contributed by atoms with Gasteiger partial charge in [-0.25, -0.2) is 0 Å². The summed E-state index contributed by atoms with van der Waals surface area (Å²) < 4.78 is 27.2. The Hall–Kier alpha value is -2.48. The van der Waals surface area contributed by atoms with Crippen LogP contribution in [-0.2, 0) is 6.42 Å². The Morgan fingerprint density at radius 2 is 1.56 bits per heavy atom. The van der Waals surface area contributed by atoms with Gasteiger partial charge >= 0.3 is 0 Å². The normalized spacial score (nSPS) is 19.7. The molecule has 3 aromatic carbocycles. The van der Waals surface area contributed by atoms with Gasteiger partial charge in [-0.15, -0.1) is 0 Å². The van der Waals surface area contributed by atoms with E-state index in [4.69, 9.17) is 0 Å². The molecule has 0 radical (unpaired) electrons. The number of fused-ring (bicyclic) bond motifs is 1. The second-order valence-electron chi connectivity index (χ2n) is 6.83. The lowest BCUT2D eigenvalue weighted by Crippen LogP contribution is -2.27. The molecule has 2 heteroatoms. The summed E-state index contributed by atoms with van der Waals surface area (Å²) in [6.45, 7) is 0. The predicted molar refractivity (Wildman–Crippen MR) is 98.8 cm³/mol. The van der Waals surface area contributed by atoms with Crippen LogP contribution in [0.2, 0.25) is 0 Å². The van der Waals surface area contributed by atoms with Gasteiger partial charge in [0.1, 0.15) is 0 Å². The molecule has 1 aliphatic rings. The zero-order valence-corrected chi connectivity index (χ0v) is 14.0. The highest BCUT2D eigenvalue weighted by molar-refractivity contribution is 5.83. The van der Waals surface area contributed by atoms with Crippen LogP contribution in [0.1, 0.15) is 29.9 Å². The van der Waals surface area contributed by atoms with E-state index in [1.807, 2.05) is 48.5 Å². The minimum atomic E-state index is -1.48. The van der Waals surface area contributed by atoms with Gasteiger partial charge in [0.25, 0.3) is 6.08 Å². The summed E-state index contributed by atoms with van der Waals surface area (Å²) in [5.41, 5.74) is 2.58. The third-order valence-electron chi connectivity index (χ3n) is 5.35. The van der Waals surface area contributed by atoms with Crippen molar-refractivity contribution in [2.75, 3.05) is 0 Å². The third kappa shape index (κ3) is 3.21. The topological polar surface area (TPSA) is 0 Å². The maximum atomic E-state index is 13.6. The number of rotatable bonds is 4. The summed E-state index contributed by atoms with van der Waals surface area (Å²) in [7, 11) is 0. The fourth-order valence-electron chi connectivity index (χ4n) is 3.95. The first-order chi connectivity index (χ1) is 12.2. The molecule has 0 saturated heterocycles. The zero-order chi connectivity index (χ0) is 17.2. The molecule has 0 bridgehead atoms. The Kier molecular flexibility index (Phi) is 4.35. The van der Waals surface area contributed by atoms with E-state index < -0.39 is 6.08 Å². The first-order valence-corrected chi connectivity index (χ1v) is 8.80. The van der Waals surface area contributed by atoms with E-state index in [0.29, 0.717) is 5.57 Å². The molecule has 1 fully saturated rings. The molecule has 3 aromatic rings. The lowest BCUT2D eigenvalue weighted by atomic mass is 9.65. The molecule has 2 atom stereocenters. The minimum Gasteiger partial charge on any atom is -0.173 e. The van der Waals surface area contributed by atoms with Crippen molar-refractivity contribution in [3.05, 3.63) is 95.6 Å². The van der Waals surface area contributed by atoms with Crippen LogP contribution in [-0.4, -0.2) is 0 Å². The molecule has 25 heavy (non-hydrogen) atoms. The molecule has 1 aliphatic carbocycles. The van der Waals surface area contributed by atoms with Crippen LogP contribution in [0, 0.1) is 5.92 Å². The Morgan fingerprint density at radius 1 is 0.840 bits per heavy atom. The van der Waals surface area contributed by atoms with E-state index in [-0.39, 0.29) is 11.8 Å². The number of halogens is 2. The molecular formula is C23H20F2. The number of aryl methyl sites for hydroxylation is 1. The summed E-state index contributed by atoms with van der Waals surface area (Å²) in [6, 6.07) is 24.3. The van der Waals surface area contributed by atoms with Crippen LogP contribution in [0.15, 0.2) is 84.5 Å². The van der Waals surface area contributed by atoms with E-state index >= 15 is 0 Å². The van der Waals surface area contributed by atoms with E-state index in [9.17, 15) is 8.78 Å². The van der Waals surface area contributed by atoms with Crippen molar-refractivity contribution < 1.29 is 8.78 Å². The molecule has 0 spiro atoms. The summed E-state index contributed by atoms with van der Waals surface area (Å²) in [5, 5.41) is 2.27. The Bertz CT molecular complexity index is 908. The lowest BCUT2D eigenvalue weighted by Gasteiger charge is -2.39. The Balaban J connectivity index is 1.52. The van der Waals surface area contributed by atoms with Gasteiger partial charge in [0.05, 0.1) is 0 Å². The van der Waals surface area contributed by atoms with E-state index in [2.05, 4.69) is 24.3 Å². The quantitative estimate of drug-likeness (QED) is 0.496. The first-order valence-electron chi connectivity index (χ1n) is 8.80. The molecule has 1 saturated carbocycles. The van der Waals surface area contributed by atoms with Crippen LogP contribution in [0.25, 0.3) is 10.8 Å². The number of benzene rings is 3. The lowest BCUT2D eigenvalue weighted by molar-refractivity contribution is 0.303. The molecule has 0 heterocycles. The second-order valence-corrected chi connectivity index (χ2v) is 6.83. The van der Waals surface area contributed by atoms with Crippen LogP contribution >= 0.6 is 0 Å². The van der Waals surface area contributed by atoms with Gasteiger partial charge in [0, 0.05) is 11.5 Å². The van der Waals surface area contributed by atoms with Crippen LogP contribution in [0.5, 0.6) is 0 Å². The van der Waals surface area contributed by atoms with Gasteiger partial charge in [-0.05, 0) is 47.1 Å². The molecule has 0 aromatic heterocycles. The predicted octanol–water partition coefficient (Wildman–Crippen LogP) is 6.73. The molecule has 4 rings (SSSR count). The first kappa shape index (κ1) is 16.0.